The fourth-order valence-electron chi connectivity index (χ4n) is 3.72. The van der Waals surface area contributed by atoms with Crippen molar-refractivity contribution in [2.45, 2.75) is 26.7 Å². The van der Waals surface area contributed by atoms with Crippen LogP contribution >= 0.6 is 0 Å². The Balaban J connectivity index is 1.50. The van der Waals surface area contributed by atoms with Gasteiger partial charge in [-0.15, -0.1) is 0 Å². The molecule has 0 aliphatic carbocycles. The summed E-state index contributed by atoms with van der Waals surface area (Å²) in [5.41, 5.74) is 1.83. The van der Waals surface area contributed by atoms with Crippen LogP contribution in [0.5, 0.6) is 5.75 Å². The van der Waals surface area contributed by atoms with Gasteiger partial charge >= 0.3 is 0 Å². The Morgan fingerprint density at radius 2 is 1.84 bits per heavy atom. The van der Waals surface area contributed by atoms with Gasteiger partial charge in [0.05, 0.1) is 23.8 Å². The lowest BCUT2D eigenvalue weighted by molar-refractivity contribution is -0.384. The number of nitrogens with zero attached hydrogens (tertiary/aromatic N) is 2. The topological polar surface area (TPSA) is 102 Å². The van der Waals surface area contributed by atoms with Gasteiger partial charge in [0.15, 0.2) is 5.78 Å². The predicted molar refractivity (Wildman–Crippen MR) is 118 cm³/mol. The molecule has 0 aromatic heterocycles. The lowest BCUT2D eigenvalue weighted by atomic mass is 9.89. The van der Waals surface area contributed by atoms with Gasteiger partial charge in [-0.25, -0.2) is 0 Å². The van der Waals surface area contributed by atoms with Crippen molar-refractivity contribution in [3.05, 3.63) is 63.7 Å². The highest BCUT2D eigenvalue weighted by atomic mass is 16.6. The fraction of sp³-hybridized carbons (Fsp3) is 0.391. The quantitative estimate of drug-likeness (QED) is 0.392. The highest BCUT2D eigenvalue weighted by Gasteiger charge is 2.27. The van der Waals surface area contributed by atoms with Crippen LogP contribution in [0.15, 0.2) is 42.5 Å². The van der Waals surface area contributed by atoms with Crippen molar-refractivity contribution in [1.82, 2.24) is 4.90 Å². The third kappa shape index (κ3) is 5.88. The summed E-state index contributed by atoms with van der Waals surface area (Å²) >= 11 is 0. The number of likely N-dealkylation sites (tertiary alicyclic amines) is 1. The van der Waals surface area contributed by atoms with E-state index in [1.54, 1.807) is 25.1 Å². The monoisotopic (exact) mass is 425 g/mol. The Morgan fingerprint density at radius 1 is 1.16 bits per heavy atom. The van der Waals surface area contributed by atoms with Crippen LogP contribution in [-0.4, -0.2) is 47.8 Å². The van der Waals surface area contributed by atoms with Gasteiger partial charge in [-0.2, -0.15) is 0 Å². The van der Waals surface area contributed by atoms with Crippen LogP contribution in [-0.2, 0) is 4.79 Å². The minimum absolute atomic E-state index is 0.0590. The van der Waals surface area contributed by atoms with E-state index in [0.717, 1.165) is 11.3 Å². The van der Waals surface area contributed by atoms with Crippen LogP contribution in [0.3, 0.4) is 0 Å². The molecule has 1 saturated heterocycles. The van der Waals surface area contributed by atoms with E-state index in [1.807, 2.05) is 24.0 Å². The highest BCUT2D eigenvalue weighted by molar-refractivity contribution is 5.98. The Hall–Kier alpha value is -3.26. The number of hydrogen-bond donors (Lipinski definition) is 1. The van der Waals surface area contributed by atoms with Gasteiger partial charge in [0.25, 0.3) is 5.69 Å². The summed E-state index contributed by atoms with van der Waals surface area (Å²) in [6, 6.07) is 11.6. The second-order valence-electron chi connectivity index (χ2n) is 7.68. The number of benzene rings is 2. The van der Waals surface area contributed by atoms with Crippen molar-refractivity contribution in [3.8, 4) is 5.75 Å². The van der Waals surface area contributed by atoms with Crippen molar-refractivity contribution < 1.29 is 19.2 Å². The molecule has 0 saturated carbocycles. The third-order valence-electron chi connectivity index (χ3n) is 5.48. The first-order valence-corrected chi connectivity index (χ1v) is 10.4. The number of Topliss-reactive ketones (excluding diaryl/α,β-unsaturated/α-hetero) is 1. The average Bonchev–Trinajstić information content (AvgIpc) is 2.76. The van der Waals surface area contributed by atoms with Crippen molar-refractivity contribution in [1.29, 1.82) is 0 Å². The Morgan fingerprint density at radius 3 is 2.45 bits per heavy atom. The average molecular weight is 425 g/mol. The van der Waals surface area contributed by atoms with Gasteiger partial charge in [-0.3, -0.25) is 24.6 Å². The van der Waals surface area contributed by atoms with E-state index < -0.39 is 4.92 Å². The molecule has 1 heterocycles. The number of piperidine rings is 1. The maximum atomic E-state index is 12.8. The molecule has 0 spiro atoms. The Labute approximate surface area is 181 Å². The first kappa shape index (κ1) is 22.4. The molecule has 3 rings (SSSR count). The maximum Gasteiger partial charge on any atom is 0.271 e. The number of hydrogen-bond acceptors (Lipinski definition) is 6. The Kier molecular flexibility index (Phi) is 7.36. The van der Waals surface area contributed by atoms with Gasteiger partial charge < -0.3 is 10.1 Å². The lowest BCUT2D eigenvalue weighted by Crippen LogP contribution is -2.40. The van der Waals surface area contributed by atoms with Crippen LogP contribution in [0.1, 0.15) is 35.7 Å². The molecule has 1 amide bonds. The molecule has 0 bridgehead atoms. The number of ether oxygens (including phenoxy) is 1. The molecule has 2 aromatic carbocycles. The molecule has 8 nitrogen and oxygen atoms in total. The molecule has 1 aliphatic heterocycles. The molecule has 2 aromatic rings. The molecule has 0 unspecified atom stereocenters. The van der Waals surface area contributed by atoms with Crippen LogP contribution in [0.2, 0.25) is 0 Å². The molecule has 1 N–H and O–H groups in total. The summed E-state index contributed by atoms with van der Waals surface area (Å²) in [5.74, 6) is 0.592. The minimum Gasteiger partial charge on any atom is -0.494 e. The van der Waals surface area contributed by atoms with Crippen LogP contribution in [0, 0.1) is 23.0 Å². The zero-order valence-electron chi connectivity index (χ0n) is 17.8. The van der Waals surface area contributed by atoms with Crippen LogP contribution < -0.4 is 10.1 Å². The van der Waals surface area contributed by atoms with E-state index in [9.17, 15) is 19.7 Å². The number of rotatable bonds is 8. The van der Waals surface area contributed by atoms with Crippen molar-refractivity contribution in [3.63, 3.8) is 0 Å². The predicted octanol–water partition coefficient (Wildman–Crippen LogP) is 3.84. The highest BCUT2D eigenvalue weighted by Crippen LogP contribution is 2.24. The number of carbonyl (C=O) groups is 2. The van der Waals surface area contributed by atoms with E-state index in [-0.39, 0.29) is 29.8 Å². The summed E-state index contributed by atoms with van der Waals surface area (Å²) < 4.78 is 5.42. The normalized spacial score (nSPS) is 14.8. The lowest BCUT2D eigenvalue weighted by Gasteiger charge is -2.30. The zero-order valence-corrected chi connectivity index (χ0v) is 17.8. The van der Waals surface area contributed by atoms with E-state index in [4.69, 9.17) is 4.74 Å². The van der Waals surface area contributed by atoms with Gasteiger partial charge in [-0.1, -0.05) is 6.07 Å². The molecule has 0 radical (unpaired) electrons. The number of nitro groups is 1. The zero-order chi connectivity index (χ0) is 22.4. The van der Waals surface area contributed by atoms with Crippen LogP contribution in [0.4, 0.5) is 11.4 Å². The van der Waals surface area contributed by atoms with E-state index in [2.05, 4.69) is 5.32 Å². The standard InChI is InChI=1S/C23H27N3O5/c1-3-31-20-8-5-17(6-9-20)23(28)18-10-12-25(13-11-18)15-22(27)24-21-14-19(26(29)30)7-4-16(21)2/h4-9,14,18H,3,10-13,15H2,1-2H3,(H,24,27). The number of nitrogens with one attached hydrogen (secondary N) is 1. The molecule has 31 heavy (non-hydrogen) atoms. The van der Waals surface area contributed by atoms with Crippen molar-refractivity contribution in [2.24, 2.45) is 5.92 Å². The Bertz CT molecular complexity index is 950. The first-order valence-electron chi connectivity index (χ1n) is 10.4. The van der Waals surface area contributed by atoms with Gasteiger partial charge in [-0.05, 0) is 69.6 Å². The van der Waals surface area contributed by atoms with E-state index >= 15 is 0 Å². The molecular formula is C23H27N3O5. The molecule has 8 heteroatoms. The molecular weight excluding hydrogens is 398 g/mol. The van der Waals surface area contributed by atoms with Crippen molar-refractivity contribution in [2.75, 3.05) is 31.6 Å². The second kappa shape index (κ2) is 10.2. The summed E-state index contributed by atoms with van der Waals surface area (Å²) in [7, 11) is 0. The van der Waals surface area contributed by atoms with Crippen LogP contribution in [0.25, 0.3) is 0 Å². The molecule has 164 valence electrons. The van der Waals surface area contributed by atoms with Gasteiger partial charge in [0.1, 0.15) is 5.75 Å². The molecule has 0 atom stereocenters. The number of anilines is 1. The number of ketones is 1. The number of nitro benzene ring substituents is 1. The van der Waals surface area contributed by atoms with E-state index in [1.165, 1.54) is 12.1 Å². The number of non-ortho nitro benzene ring substituents is 1. The third-order valence-corrected chi connectivity index (χ3v) is 5.48. The fourth-order valence-corrected chi connectivity index (χ4v) is 3.72. The van der Waals surface area contributed by atoms with Gasteiger partial charge in [0, 0.05) is 23.6 Å². The second-order valence-corrected chi connectivity index (χ2v) is 7.68. The summed E-state index contributed by atoms with van der Waals surface area (Å²) in [6.07, 6.45) is 1.38. The molecule has 1 aliphatic rings. The number of amides is 1. The van der Waals surface area contributed by atoms with Gasteiger partial charge in [0.2, 0.25) is 5.91 Å². The SMILES string of the molecule is CCOc1ccc(C(=O)C2CCN(CC(=O)Nc3cc([N+](=O)[O-])ccc3C)CC2)cc1. The largest absolute Gasteiger partial charge is 0.494 e. The van der Waals surface area contributed by atoms with Crippen molar-refractivity contribution >= 4 is 23.1 Å². The van der Waals surface area contributed by atoms with E-state index in [0.29, 0.717) is 43.8 Å². The number of aryl methyl sites for hydroxylation is 1. The maximum absolute atomic E-state index is 12.8. The number of carbonyl (C=O) groups excluding carboxylic acids is 2. The molecule has 1 fully saturated rings. The minimum atomic E-state index is -0.485. The summed E-state index contributed by atoms with van der Waals surface area (Å²) in [5, 5.41) is 13.7. The summed E-state index contributed by atoms with van der Waals surface area (Å²) in [4.78, 5) is 37.7. The summed E-state index contributed by atoms with van der Waals surface area (Å²) in [6.45, 7) is 5.77. The smallest absolute Gasteiger partial charge is 0.271 e. The first-order chi connectivity index (χ1) is 14.9.